The van der Waals surface area contributed by atoms with Crippen molar-refractivity contribution >= 4 is 0 Å². The molecule has 0 fully saturated rings. The summed E-state index contributed by atoms with van der Waals surface area (Å²) < 4.78 is 14.7. The van der Waals surface area contributed by atoms with Gasteiger partial charge in [0, 0.05) is 0 Å². The van der Waals surface area contributed by atoms with Crippen LogP contribution >= 0.6 is 0 Å². The van der Waals surface area contributed by atoms with Crippen molar-refractivity contribution in [2.75, 3.05) is 0 Å². The molecule has 0 N–H and O–H groups in total. The van der Waals surface area contributed by atoms with Crippen LogP contribution in [-0.2, 0) is 21.1 Å². The van der Waals surface area contributed by atoms with E-state index in [0.29, 0.717) is 11.8 Å². The first-order chi connectivity index (χ1) is 17.4. The van der Waals surface area contributed by atoms with Crippen LogP contribution in [0.4, 0.5) is 0 Å². The first-order valence-corrected chi connectivity index (χ1v) is 18.1. The molecular weight excluding hydrogens is 532 g/mol. The Morgan fingerprint density at radius 1 is 0.595 bits per heavy atom. The minimum absolute atomic E-state index is 0.322. The summed E-state index contributed by atoms with van der Waals surface area (Å²) >= 11 is -4.45. The summed E-state index contributed by atoms with van der Waals surface area (Å²) in [5, 5.41) is 0. The second kappa shape index (κ2) is 10.2. The van der Waals surface area contributed by atoms with E-state index in [-0.39, 0.29) is 6.25 Å². The monoisotopic (exact) mass is 574 g/mol. The van der Waals surface area contributed by atoms with Gasteiger partial charge in [0.05, 0.1) is 0 Å². The molecule has 37 heavy (non-hydrogen) atoms. The molecule has 0 saturated carbocycles. The molecule has 0 radical (unpaired) electrons. The second-order valence-corrected chi connectivity index (χ2v) is 21.0. The fourth-order valence-corrected chi connectivity index (χ4v) is 18.2. The Labute approximate surface area is 230 Å². The number of allylic oxidation sites excluding steroid dienone is 8. The van der Waals surface area contributed by atoms with Crippen molar-refractivity contribution in [3.05, 3.63) is 106 Å². The van der Waals surface area contributed by atoms with Crippen LogP contribution in [0.3, 0.4) is 0 Å². The van der Waals surface area contributed by atoms with E-state index in [4.69, 9.17) is 5.63 Å². The van der Waals surface area contributed by atoms with Crippen molar-refractivity contribution in [1.29, 1.82) is 0 Å². The van der Waals surface area contributed by atoms with Gasteiger partial charge in [-0.1, -0.05) is 0 Å². The van der Waals surface area contributed by atoms with Crippen LogP contribution < -0.4 is 5.63 Å². The number of benzene rings is 2. The molecule has 0 aromatic heterocycles. The summed E-state index contributed by atoms with van der Waals surface area (Å²) in [7, 11) is 0. The Morgan fingerprint density at radius 3 is 1.24 bits per heavy atom. The van der Waals surface area contributed by atoms with Crippen LogP contribution in [0.25, 0.3) is 0 Å². The van der Waals surface area contributed by atoms with Gasteiger partial charge in [-0.2, -0.15) is 0 Å². The fourth-order valence-electron chi connectivity index (χ4n) is 6.01. The predicted octanol–water partition coefficient (Wildman–Crippen LogP) is 10.5. The van der Waals surface area contributed by atoms with Crippen LogP contribution in [0, 0.1) is 0 Å². The first kappa shape index (κ1) is 27.9. The van der Waals surface area contributed by atoms with Crippen molar-refractivity contribution in [3.8, 4) is 11.5 Å². The zero-order chi connectivity index (χ0) is 27.2. The quantitative estimate of drug-likeness (QED) is 0.312. The van der Waals surface area contributed by atoms with Gasteiger partial charge in [0.15, 0.2) is 0 Å². The van der Waals surface area contributed by atoms with Gasteiger partial charge in [0.2, 0.25) is 0 Å². The molecule has 0 amide bonds. The number of para-hydroxylation sites is 2. The normalized spacial score (nSPS) is 23.7. The number of hydrogen-bond donors (Lipinski definition) is 0. The third-order valence-electron chi connectivity index (χ3n) is 9.03. The molecule has 4 rings (SSSR count). The molecule has 3 heteroatoms. The average molecular weight is 576 g/mol. The molecule has 2 aromatic carbocycles. The third-order valence-corrected chi connectivity index (χ3v) is 20.9. The average Bonchev–Trinajstić information content (AvgIpc) is 3.30. The Kier molecular flexibility index (Phi) is 7.71. The second-order valence-electron chi connectivity index (χ2n) is 11.9. The van der Waals surface area contributed by atoms with Gasteiger partial charge in [0.25, 0.3) is 0 Å². The van der Waals surface area contributed by atoms with Crippen molar-refractivity contribution in [2.45, 2.75) is 87.3 Å². The molecule has 2 atom stereocenters. The molecule has 2 unspecified atom stereocenters. The molecule has 2 aromatic rings. The van der Waals surface area contributed by atoms with Gasteiger partial charge in [-0.15, -0.1) is 0 Å². The van der Waals surface area contributed by atoms with E-state index in [9.17, 15) is 0 Å². The van der Waals surface area contributed by atoms with Crippen LogP contribution in [0.2, 0.25) is 6.25 Å². The molecule has 0 bridgehead atoms. The van der Waals surface area contributed by atoms with Crippen molar-refractivity contribution in [1.82, 2.24) is 0 Å². The Balaban J connectivity index is 2.09. The molecule has 0 spiro atoms. The van der Waals surface area contributed by atoms with E-state index in [2.05, 4.69) is 142 Å². The minimum atomic E-state index is -4.45. The summed E-state index contributed by atoms with van der Waals surface area (Å²) in [4.78, 5) is 0. The molecule has 2 aliphatic carbocycles. The van der Waals surface area contributed by atoms with E-state index in [1.54, 1.807) is 0 Å². The summed E-state index contributed by atoms with van der Waals surface area (Å²) in [5.41, 5.74) is 7.82. The van der Waals surface area contributed by atoms with Crippen LogP contribution in [0.1, 0.15) is 92.2 Å². The maximum atomic E-state index is 7.66. The molecule has 2 aliphatic rings. The van der Waals surface area contributed by atoms with Crippen LogP contribution in [0.5, 0.6) is 11.5 Å². The molecule has 196 valence electrons. The standard InChI is InChI=1S/2C9H12O.2C8H11.Zr/c2*1-7(2)8-5-3-4-6-9(8)10;2*1-6-4-5-7(2)8(6)3;/h2*3-7,10H,1-2H3;2*4-5H,1-3H3;/q;;;;+2/p-2. The summed E-state index contributed by atoms with van der Waals surface area (Å²) in [6.07, 6.45) is 9.35. The Bertz CT molecular complexity index is 1210. The molecule has 0 saturated heterocycles. The molecule has 0 aliphatic heterocycles. The fraction of sp³-hybridized carbons (Fsp3) is 0.412. The number of rotatable bonds is 8. The van der Waals surface area contributed by atoms with E-state index in [1.807, 2.05) is 0 Å². The zero-order valence-electron chi connectivity index (χ0n) is 24.4. The summed E-state index contributed by atoms with van der Waals surface area (Å²) in [6.45, 7) is 22.7. The number of hydrogen-bond acceptors (Lipinski definition) is 2. The van der Waals surface area contributed by atoms with Crippen LogP contribution in [0.15, 0.2) is 95.1 Å². The maximum absolute atomic E-state index is 7.66. The Morgan fingerprint density at radius 2 is 0.946 bits per heavy atom. The van der Waals surface area contributed by atoms with E-state index >= 15 is 0 Å². The van der Waals surface area contributed by atoms with Gasteiger partial charge in [-0.25, -0.2) is 0 Å². The van der Waals surface area contributed by atoms with Gasteiger partial charge in [0.1, 0.15) is 0 Å². The SMILES string of the molecule is CC1=C(C)[C](C)([Zr]([O]c2ccccc2C(C)C)([O]c2ccccc2C(C)C)[C]2(C)C=CC(C)=C2C)C=C1. The summed E-state index contributed by atoms with van der Waals surface area (Å²) in [5.74, 6) is 2.63. The van der Waals surface area contributed by atoms with E-state index < -0.39 is 21.1 Å². The summed E-state index contributed by atoms with van der Waals surface area (Å²) in [6, 6.07) is 17.2. The van der Waals surface area contributed by atoms with Gasteiger partial charge in [-0.05, 0) is 0 Å². The van der Waals surface area contributed by atoms with E-state index in [0.717, 1.165) is 11.5 Å². The van der Waals surface area contributed by atoms with Crippen LogP contribution in [-0.4, -0.2) is 0 Å². The van der Waals surface area contributed by atoms with Crippen molar-refractivity contribution in [3.63, 3.8) is 0 Å². The Hall–Kier alpha value is -2.12. The molecular formula is C34H44O2Zr. The predicted molar refractivity (Wildman–Crippen MR) is 154 cm³/mol. The molecule has 0 heterocycles. The molecule has 2 nitrogen and oxygen atoms in total. The van der Waals surface area contributed by atoms with Crippen molar-refractivity contribution in [2.24, 2.45) is 0 Å². The topological polar surface area (TPSA) is 18.5 Å². The van der Waals surface area contributed by atoms with Gasteiger partial charge < -0.3 is 0 Å². The van der Waals surface area contributed by atoms with Gasteiger partial charge in [-0.3, -0.25) is 0 Å². The first-order valence-electron chi connectivity index (χ1n) is 13.7. The zero-order valence-corrected chi connectivity index (χ0v) is 26.9. The van der Waals surface area contributed by atoms with Crippen molar-refractivity contribution < 1.29 is 26.8 Å². The van der Waals surface area contributed by atoms with Gasteiger partial charge >= 0.3 is 232 Å². The van der Waals surface area contributed by atoms with E-state index in [1.165, 1.54) is 33.4 Å². The third kappa shape index (κ3) is 4.46.